The molecular formula is C15H17BrN2O2. The highest BCUT2D eigenvalue weighted by Gasteiger charge is 2.10. The quantitative estimate of drug-likeness (QED) is 0.929. The predicted octanol–water partition coefficient (Wildman–Crippen LogP) is 3.47. The SMILES string of the molecule is COCc1nc(-c2ccc(C(C)C)cc2)[nH]c(=O)c1Br. The Balaban J connectivity index is 2.44. The molecule has 1 aromatic heterocycles. The third-order valence-corrected chi connectivity index (χ3v) is 3.88. The molecule has 0 bridgehead atoms. The predicted molar refractivity (Wildman–Crippen MR) is 82.8 cm³/mol. The van der Waals surface area contributed by atoms with Gasteiger partial charge in [-0.3, -0.25) is 4.79 Å². The van der Waals surface area contributed by atoms with Gasteiger partial charge in [0.15, 0.2) is 0 Å². The molecule has 0 saturated carbocycles. The standard InChI is InChI=1S/C15H17BrN2O2/c1-9(2)10-4-6-11(7-5-10)14-17-12(8-20-3)13(16)15(19)18-14/h4-7,9H,8H2,1-3H3,(H,17,18,19). The maximum Gasteiger partial charge on any atom is 0.265 e. The molecular weight excluding hydrogens is 320 g/mol. The molecule has 4 nitrogen and oxygen atoms in total. The van der Waals surface area contributed by atoms with Crippen LogP contribution in [-0.4, -0.2) is 17.1 Å². The van der Waals surface area contributed by atoms with Crippen LogP contribution in [0, 0.1) is 0 Å². The summed E-state index contributed by atoms with van der Waals surface area (Å²) in [6.07, 6.45) is 0. The number of hydrogen-bond donors (Lipinski definition) is 1. The van der Waals surface area contributed by atoms with Crippen molar-refractivity contribution >= 4 is 15.9 Å². The van der Waals surface area contributed by atoms with Crippen molar-refractivity contribution in [3.05, 3.63) is 50.3 Å². The lowest BCUT2D eigenvalue weighted by molar-refractivity contribution is 0.180. The Morgan fingerprint density at radius 1 is 1.30 bits per heavy atom. The lowest BCUT2D eigenvalue weighted by atomic mass is 10.0. The van der Waals surface area contributed by atoms with Gasteiger partial charge in [0, 0.05) is 12.7 Å². The van der Waals surface area contributed by atoms with Crippen molar-refractivity contribution in [2.45, 2.75) is 26.4 Å². The van der Waals surface area contributed by atoms with Crippen LogP contribution in [0.1, 0.15) is 31.0 Å². The van der Waals surface area contributed by atoms with Crippen LogP contribution in [0.15, 0.2) is 33.5 Å². The molecule has 0 atom stereocenters. The Bertz CT molecular complexity index is 648. The fourth-order valence-corrected chi connectivity index (χ4v) is 2.20. The molecule has 5 heteroatoms. The summed E-state index contributed by atoms with van der Waals surface area (Å²) in [6.45, 7) is 4.58. The topological polar surface area (TPSA) is 55.0 Å². The number of methoxy groups -OCH3 is 1. The minimum absolute atomic E-state index is 0.199. The lowest BCUT2D eigenvalue weighted by Crippen LogP contribution is -2.14. The molecule has 0 spiro atoms. The van der Waals surface area contributed by atoms with E-state index in [9.17, 15) is 4.79 Å². The van der Waals surface area contributed by atoms with Gasteiger partial charge in [0.1, 0.15) is 10.3 Å². The smallest absolute Gasteiger partial charge is 0.265 e. The second kappa shape index (κ2) is 6.33. The molecule has 0 radical (unpaired) electrons. The van der Waals surface area contributed by atoms with E-state index in [1.165, 1.54) is 5.56 Å². The fourth-order valence-electron chi connectivity index (χ4n) is 1.90. The third kappa shape index (κ3) is 3.16. The number of aromatic nitrogens is 2. The summed E-state index contributed by atoms with van der Waals surface area (Å²) in [5.74, 6) is 1.03. The van der Waals surface area contributed by atoms with Gasteiger partial charge < -0.3 is 9.72 Å². The van der Waals surface area contributed by atoms with Crippen molar-refractivity contribution < 1.29 is 4.74 Å². The van der Waals surface area contributed by atoms with Gasteiger partial charge in [-0.05, 0) is 27.4 Å². The van der Waals surface area contributed by atoms with Gasteiger partial charge in [-0.15, -0.1) is 0 Å². The molecule has 0 fully saturated rings. The van der Waals surface area contributed by atoms with Crippen molar-refractivity contribution in [2.24, 2.45) is 0 Å². The van der Waals surface area contributed by atoms with Crippen molar-refractivity contribution in [3.8, 4) is 11.4 Å². The van der Waals surface area contributed by atoms with E-state index in [1.54, 1.807) is 7.11 Å². The van der Waals surface area contributed by atoms with Gasteiger partial charge in [0.25, 0.3) is 5.56 Å². The number of ether oxygens (including phenoxy) is 1. The van der Waals surface area contributed by atoms with Gasteiger partial charge in [-0.2, -0.15) is 0 Å². The van der Waals surface area contributed by atoms with E-state index in [2.05, 4.69) is 51.9 Å². The van der Waals surface area contributed by atoms with Gasteiger partial charge >= 0.3 is 0 Å². The molecule has 1 N–H and O–H groups in total. The van der Waals surface area contributed by atoms with Crippen molar-refractivity contribution in [3.63, 3.8) is 0 Å². The van der Waals surface area contributed by atoms with Crippen molar-refractivity contribution in [1.82, 2.24) is 9.97 Å². The van der Waals surface area contributed by atoms with Crippen LogP contribution in [0.4, 0.5) is 0 Å². The summed E-state index contributed by atoms with van der Waals surface area (Å²) in [6, 6.07) is 8.05. The van der Waals surface area contributed by atoms with Crippen LogP contribution in [0.3, 0.4) is 0 Å². The zero-order valence-electron chi connectivity index (χ0n) is 11.7. The summed E-state index contributed by atoms with van der Waals surface area (Å²) >= 11 is 3.23. The first-order valence-corrected chi connectivity index (χ1v) is 7.20. The zero-order chi connectivity index (χ0) is 14.7. The zero-order valence-corrected chi connectivity index (χ0v) is 13.3. The first-order valence-electron chi connectivity index (χ1n) is 6.41. The van der Waals surface area contributed by atoms with Gasteiger partial charge in [-0.25, -0.2) is 4.98 Å². The van der Waals surface area contributed by atoms with E-state index in [0.717, 1.165) is 5.56 Å². The molecule has 0 aliphatic heterocycles. The fraction of sp³-hybridized carbons (Fsp3) is 0.333. The number of nitrogens with zero attached hydrogens (tertiary/aromatic N) is 1. The number of aromatic amines is 1. The third-order valence-electron chi connectivity index (χ3n) is 3.06. The summed E-state index contributed by atoms with van der Waals surface area (Å²) in [4.78, 5) is 19.1. The number of hydrogen-bond acceptors (Lipinski definition) is 3. The van der Waals surface area contributed by atoms with Crippen LogP contribution < -0.4 is 5.56 Å². The molecule has 0 aliphatic carbocycles. The van der Waals surface area contributed by atoms with Crippen molar-refractivity contribution in [2.75, 3.05) is 7.11 Å². The highest BCUT2D eigenvalue weighted by molar-refractivity contribution is 9.10. The number of benzene rings is 1. The minimum atomic E-state index is -0.199. The Labute approximate surface area is 126 Å². The van der Waals surface area contributed by atoms with E-state index < -0.39 is 0 Å². The highest BCUT2D eigenvalue weighted by atomic mass is 79.9. The van der Waals surface area contributed by atoms with Crippen LogP contribution in [-0.2, 0) is 11.3 Å². The molecule has 0 saturated heterocycles. The first-order chi connectivity index (χ1) is 9.52. The van der Waals surface area contributed by atoms with Crippen LogP contribution in [0.25, 0.3) is 11.4 Å². The summed E-state index contributed by atoms with van der Waals surface area (Å²) in [5.41, 5.74) is 2.54. The van der Waals surface area contributed by atoms with Gasteiger partial charge in [0.05, 0.1) is 12.3 Å². The maximum atomic E-state index is 11.9. The van der Waals surface area contributed by atoms with Crippen LogP contribution >= 0.6 is 15.9 Å². The Hall–Kier alpha value is -1.46. The molecule has 1 aromatic carbocycles. The molecule has 0 amide bonds. The first kappa shape index (κ1) is 14.9. The molecule has 2 rings (SSSR count). The average molecular weight is 337 g/mol. The molecule has 20 heavy (non-hydrogen) atoms. The van der Waals surface area contributed by atoms with E-state index >= 15 is 0 Å². The second-order valence-electron chi connectivity index (χ2n) is 4.88. The van der Waals surface area contributed by atoms with Gasteiger partial charge in [-0.1, -0.05) is 38.1 Å². The number of H-pyrrole nitrogens is 1. The van der Waals surface area contributed by atoms with Crippen LogP contribution in [0.2, 0.25) is 0 Å². The molecule has 0 unspecified atom stereocenters. The second-order valence-corrected chi connectivity index (χ2v) is 5.68. The number of nitrogens with one attached hydrogen (secondary N) is 1. The largest absolute Gasteiger partial charge is 0.378 e. The minimum Gasteiger partial charge on any atom is -0.378 e. The average Bonchev–Trinajstić information content (AvgIpc) is 2.44. The van der Waals surface area contributed by atoms with Gasteiger partial charge in [0.2, 0.25) is 0 Å². The summed E-state index contributed by atoms with van der Waals surface area (Å²) < 4.78 is 5.48. The molecule has 2 aromatic rings. The van der Waals surface area contributed by atoms with E-state index in [-0.39, 0.29) is 5.56 Å². The number of rotatable bonds is 4. The van der Waals surface area contributed by atoms with E-state index in [4.69, 9.17) is 4.74 Å². The molecule has 0 aliphatic rings. The van der Waals surface area contributed by atoms with Crippen molar-refractivity contribution in [1.29, 1.82) is 0 Å². The Kier molecular flexibility index (Phi) is 4.73. The molecule has 1 heterocycles. The monoisotopic (exact) mass is 336 g/mol. The summed E-state index contributed by atoms with van der Waals surface area (Å²) in [5, 5.41) is 0. The lowest BCUT2D eigenvalue weighted by Gasteiger charge is -2.08. The summed E-state index contributed by atoms with van der Waals surface area (Å²) in [7, 11) is 1.58. The van der Waals surface area contributed by atoms with E-state index in [0.29, 0.717) is 28.5 Å². The Morgan fingerprint density at radius 2 is 1.95 bits per heavy atom. The van der Waals surface area contributed by atoms with E-state index in [1.807, 2.05) is 12.1 Å². The maximum absolute atomic E-state index is 11.9. The normalized spacial score (nSPS) is 11.1. The molecule has 106 valence electrons. The Morgan fingerprint density at radius 3 is 2.50 bits per heavy atom. The number of halogens is 1. The van der Waals surface area contributed by atoms with Crippen LogP contribution in [0.5, 0.6) is 0 Å². The highest BCUT2D eigenvalue weighted by Crippen LogP contribution is 2.21.